The number of nitrogens with two attached hydrogens (primary N) is 1. The molecule has 0 saturated carbocycles. The molecule has 0 saturated heterocycles. The van der Waals surface area contributed by atoms with E-state index >= 15 is 0 Å². The van der Waals surface area contributed by atoms with Crippen LogP contribution < -0.4 is 11.1 Å². The van der Waals surface area contributed by atoms with Gasteiger partial charge in [0, 0.05) is 25.0 Å². The molecule has 2 rings (SSSR count). The van der Waals surface area contributed by atoms with Gasteiger partial charge in [-0.2, -0.15) is 5.10 Å². The highest BCUT2D eigenvalue weighted by molar-refractivity contribution is 5.34. The molecular formula is C14H20N4. The average molecular weight is 244 g/mol. The van der Waals surface area contributed by atoms with Crippen molar-refractivity contribution in [3.8, 4) is 5.69 Å². The van der Waals surface area contributed by atoms with E-state index in [1.165, 1.54) is 5.56 Å². The third kappa shape index (κ3) is 3.42. The Morgan fingerprint density at radius 2 is 2.28 bits per heavy atom. The van der Waals surface area contributed by atoms with Crippen LogP contribution in [0.2, 0.25) is 0 Å². The summed E-state index contributed by atoms with van der Waals surface area (Å²) in [5.74, 6) is 0. The van der Waals surface area contributed by atoms with Crippen molar-refractivity contribution >= 4 is 0 Å². The molecule has 96 valence electrons. The van der Waals surface area contributed by atoms with Crippen molar-refractivity contribution < 1.29 is 0 Å². The van der Waals surface area contributed by atoms with Crippen LogP contribution in [0.1, 0.15) is 18.9 Å². The number of rotatable bonds is 6. The molecule has 0 bridgehead atoms. The van der Waals surface area contributed by atoms with Crippen LogP contribution in [0, 0.1) is 0 Å². The zero-order chi connectivity index (χ0) is 12.8. The lowest BCUT2D eigenvalue weighted by Crippen LogP contribution is -2.27. The fraction of sp³-hybridized carbons (Fsp3) is 0.357. The molecule has 3 N–H and O–H groups in total. The van der Waals surface area contributed by atoms with Gasteiger partial charge in [0.1, 0.15) is 0 Å². The van der Waals surface area contributed by atoms with Crippen LogP contribution in [0.25, 0.3) is 5.69 Å². The van der Waals surface area contributed by atoms with Crippen molar-refractivity contribution in [2.45, 2.75) is 25.9 Å². The number of hydrogen-bond donors (Lipinski definition) is 2. The summed E-state index contributed by atoms with van der Waals surface area (Å²) in [6.07, 6.45) is 4.73. The van der Waals surface area contributed by atoms with Gasteiger partial charge in [0.05, 0.1) is 5.69 Å². The summed E-state index contributed by atoms with van der Waals surface area (Å²) < 4.78 is 1.87. The Labute approximate surface area is 108 Å². The van der Waals surface area contributed by atoms with Crippen molar-refractivity contribution in [2.75, 3.05) is 6.54 Å². The van der Waals surface area contributed by atoms with E-state index < -0.39 is 0 Å². The Morgan fingerprint density at radius 3 is 3.00 bits per heavy atom. The summed E-state index contributed by atoms with van der Waals surface area (Å²) in [7, 11) is 0. The lowest BCUT2D eigenvalue weighted by Gasteiger charge is -2.13. The number of aromatic nitrogens is 2. The molecule has 1 heterocycles. The summed E-state index contributed by atoms with van der Waals surface area (Å²) in [5, 5.41) is 7.69. The van der Waals surface area contributed by atoms with E-state index in [1.54, 1.807) is 6.20 Å². The Kier molecular flexibility index (Phi) is 4.50. The van der Waals surface area contributed by atoms with Gasteiger partial charge in [0.2, 0.25) is 0 Å². The first-order valence-electron chi connectivity index (χ1n) is 6.32. The van der Waals surface area contributed by atoms with Crippen molar-refractivity contribution in [1.29, 1.82) is 0 Å². The molecule has 1 unspecified atom stereocenters. The molecule has 0 radical (unpaired) electrons. The molecule has 1 atom stereocenters. The molecule has 0 aliphatic rings. The van der Waals surface area contributed by atoms with Gasteiger partial charge in [-0.25, -0.2) is 4.68 Å². The highest BCUT2D eigenvalue weighted by Crippen LogP contribution is 2.09. The van der Waals surface area contributed by atoms with Crippen molar-refractivity contribution in [2.24, 2.45) is 5.73 Å². The summed E-state index contributed by atoms with van der Waals surface area (Å²) in [5.41, 5.74) is 7.88. The van der Waals surface area contributed by atoms with Crippen LogP contribution in [0.3, 0.4) is 0 Å². The lowest BCUT2D eigenvalue weighted by atomic mass is 10.1. The van der Waals surface area contributed by atoms with E-state index in [1.807, 2.05) is 16.9 Å². The molecule has 0 spiro atoms. The van der Waals surface area contributed by atoms with Crippen LogP contribution in [0.5, 0.6) is 0 Å². The van der Waals surface area contributed by atoms with Gasteiger partial charge in [0.25, 0.3) is 0 Å². The summed E-state index contributed by atoms with van der Waals surface area (Å²) in [4.78, 5) is 0. The first-order valence-corrected chi connectivity index (χ1v) is 6.32. The minimum Gasteiger partial charge on any atom is -0.330 e. The number of hydrogen-bond acceptors (Lipinski definition) is 3. The first kappa shape index (κ1) is 12.8. The maximum atomic E-state index is 5.54. The van der Waals surface area contributed by atoms with Crippen LogP contribution in [0.4, 0.5) is 0 Å². The highest BCUT2D eigenvalue weighted by atomic mass is 15.3. The first-order chi connectivity index (χ1) is 8.79. The van der Waals surface area contributed by atoms with Gasteiger partial charge in [-0.3, -0.25) is 0 Å². The predicted molar refractivity (Wildman–Crippen MR) is 73.5 cm³/mol. The summed E-state index contributed by atoms with van der Waals surface area (Å²) in [6.45, 7) is 3.74. The van der Waals surface area contributed by atoms with E-state index in [0.717, 1.165) is 25.2 Å². The second-order valence-corrected chi connectivity index (χ2v) is 4.48. The van der Waals surface area contributed by atoms with Gasteiger partial charge < -0.3 is 11.1 Å². The third-order valence-electron chi connectivity index (χ3n) is 2.93. The molecule has 18 heavy (non-hydrogen) atoms. The SMILES string of the molecule is CC(CCN)NCc1cccc(-n2cccn2)c1. The number of benzene rings is 1. The third-order valence-corrected chi connectivity index (χ3v) is 2.93. The maximum absolute atomic E-state index is 5.54. The van der Waals surface area contributed by atoms with Crippen LogP contribution in [0.15, 0.2) is 42.7 Å². The van der Waals surface area contributed by atoms with Crippen LogP contribution in [-0.4, -0.2) is 22.4 Å². The van der Waals surface area contributed by atoms with E-state index in [2.05, 4.69) is 41.6 Å². The normalized spacial score (nSPS) is 12.6. The molecule has 1 aromatic carbocycles. The molecule has 0 amide bonds. The largest absolute Gasteiger partial charge is 0.330 e. The molecular weight excluding hydrogens is 224 g/mol. The van der Waals surface area contributed by atoms with Gasteiger partial charge in [0.15, 0.2) is 0 Å². The molecule has 2 aromatic rings. The van der Waals surface area contributed by atoms with Crippen LogP contribution in [-0.2, 0) is 6.54 Å². The van der Waals surface area contributed by atoms with E-state index in [-0.39, 0.29) is 0 Å². The Morgan fingerprint density at radius 1 is 1.39 bits per heavy atom. The van der Waals surface area contributed by atoms with E-state index in [4.69, 9.17) is 5.73 Å². The Hall–Kier alpha value is -1.65. The maximum Gasteiger partial charge on any atom is 0.0648 e. The Balaban J connectivity index is 2.00. The molecule has 1 aromatic heterocycles. The van der Waals surface area contributed by atoms with Gasteiger partial charge in [-0.1, -0.05) is 12.1 Å². The molecule has 4 heteroatoms. The standard InChI is InChI=1S/C14H20N4/c1-12(6-7-15)16-11-13-4-2-5-14(10-13)18-9-3-8-17-18/h2-5,8-10,12,16H,6-7,11,15H2,1H3. The highest BCUT2D eigenvalue weighted by Gasteiger charge is 2.02. The van der Waals surface area contributed by atoms with Gasteiger partial charge in [-0.05, 0) is 43.7 Å². The summed E-state index contributed by atoms with van der Waals surface area (Å²) >= 11 is 0. The minimum atomic E-state index is 0.448. The lowest BCUT2D eigenvalue weighted by molar-refractivity contribution is 0.519. The number of nitrogens with zero attached hydrogens (tertiary/aromatic N) is 2. The monoisotopic (exact) mass is 244 g/mol. The second kappa shape index (κ2) is 6.33. The smallest absolute Gasteiger partial charge is 0.0648 e. The van der Waals surface area contributed by atoms with Gasteiger partial charge in [-0.15, -0.1) is 0 Å². The van der Waals surface area contributed by atoms with Crippen molar-refractivity contribution in [3.63, 3.8) is 0 Å². The minimum absolute atomic E-state index is 0.448. The van der Waals surface area contributed by atoms with Crippen molar-refractivity contribution in [3.05, 3.63) is 48.3 Å². The fourth-order valence-corrected chi connectivity index (χ4v) is 1.87. The van der Waals surface area contributed by atoms with Gasteiger partial charge >= 0.3 is 0 Å². The van der Waals surface area contributed by atoms with Crippen LogP contribution >= 0.6 is 0 Å². The average Bonchev–Trinajstić information content (AvgIpc) is 2.91. The van der Waals surface area contributed by atoms with E-state index in [0.29, 0.717) is 6.04 Å². The second-order valence-electron chi connectivity index (χ2n) is 4.48. The fourth-order valence-electron chi connectivity index (χ4n) is 1.87. The molecule has 0 aliphatic carbocycles. The quantitative estimate of drug-likeness (QED) is 0.813. The zero-order valence-electron chi connectivity index (χ0n) is 10.7. The van der Waals surface area contributed by atoms with Crippen molar-refractivity contribution in [1.82, 2.24) is 15.1 Å². The molecule has 0 aliphatic heterocycles. The summed E-state index contributed by atoms with van der Waals surface area (Å²) in [6, 6.07) is 10.8. The predicted octanol–water partition coefficient (Wildman–Crippen LogP) is 1.70. The van der Waals surface area contributed by atoms with E-state index in [9.17, 15) is 0 Å². The molecule has 0 fully saturated rings. The zero-order valence-corrected chi connectivity index (χ0v) is 10.7. The number of nitrogens with one attached hydrogen (secondary N) is 1. The molecule has 4 nitrogen and oxygen atoms in total. The topological polar surface area (TPSA) is 55.9 Å². The Bertz CT molecular complexity index is 464.